The van der Waals surface area contributed by atoms with Crippen molar-refractivity contribution in [2.75, 3.05) is 11.9 Å². The minimum atomic E-state index is -0.332. The summed E-state index contributed by atoms with van der Waals surface area (Å²) in [6, 6.07) is 22.0. The minimum absolute atomic E-state index is 0.217. The molecule has 0 aliphatic heterocycles. The number of rotatable bonds is 9. The molecule has 3 aromatic carbocycles. The monoisotopic (exact) mass is 417 g/mol. The number of amides is 1. The molecule has 5 nitrogen and oxygen atoms in total. The first-order valence-electron chi connectivity index (χ1n) is 10.4. The maximum Gasteiger partial charge on any atom is 0.311 e. The van der Waals surface area contributed by atoms with Crippen LogP contribution in [-0.4, -0.2) is 18.5 Å². The second kappa shape index (κ2) is 11.0. The van der Waals surface area contributed by atoms with Gasteiger partial charge in [0, 0.05) is 17.7 Å². The molecule has 0 saturated heterocycles. The Morgan fingerprint density at radius 1 is 0.839 bits per heavy atom. The van der Waals surface area contributed by atoms with Gasteiger partial charge in [-0.05, 0) is 73.9 Å². The number of nitrogens with one attached hydrogen (secondary N) is 1. The quantitative estimate of drug-likeness (QED) is 0.281. The summed E-state index contributed by atoms with van der Waals surface area (Å²) in [7, 11) is 0. The zero-order valence-corrected chi connectivity index (χ0v) is 17.9. The predicted molar refractivity (Wildman–Crippen MR) is 122 cm³/mol. The van der Waals surface area contributed by atoms with Crippen LogP contribution in [0, 0.1) is 6.92 Å². The van der Waals surface area contributed by atoms with Crippen molar-refractivity contribution < 1.29 is 19.1 Å². The molecule has 0 radical (unpaired) electrons. The van der Waals surface area contributed by atoms with E-state index in [4.69, 9.17) is 9.47 Å². The van der Waals surface area contributed by atoms with Crippen LogP contribution in [0.4, 0.5) is 5.69 Å². The SMILES string of the molecule is CCc1ccc(OCCCC(=O)Oc2ccc(C(=O)Nc3ccc(C)cc3)cc2)cc1. The van der Waals surface area contributed by atoms with Crippen molar-refractivity contribution in [1.29, 1.82) is 0 Å². The van der Waals surface area contributed by atoms with Crippen LogP contribution in [0.1, 0.15) is 41.3 Å². The molecule has 0 unspecified atom stereocenters. The van der Waals surface area contributed by atoms with Crippen LogP contribution < -0.4 is 14.8 Å². The standard InChI is InChI=1S/C26H27NO4/c1-3-20-8-14-23(15-9-20)30-18-4-5-25(28)31-24-16-10-21(11-17-24)26(29)27-22-12-6-19(2)7-13-22/h6-17H,3-5,18H2,1-2H3,(H,27,29). The van der Waals surface area contributed by atoms with Gasteiger partial charge >= 0.3 is 5.97 Å². The number of esters is 1. The van der Waals surface area contributed by atoms with Gasteiger partial charge in [-0.15, -0.1) is 0 Å². The van der Waals surface area contributed by atoms with Gasteiger partial charge in [-0.1, -0.05) is 36.8 Å². The Kier molecular flexibility index (Phi) is 7.82. The Morgan fingerprint density at radius 2 is 1.48 bits per heavy atom. The maximum atomic E-state index is 12.3. The lowest BCUT2D eigenvalue weighted by Gasteiger charge is -2.08. The van der Waals surface area contributed by atoms with E-state index in [9.17, 15) is 9.59 Å². The van der Waals surface area contributed by atoms with E-state index >= 15 is 0 Å². The highest BCUT2D eigenvalue weighted by Gasteiger charge is 2.09. The first kappa shape index (κ1) is 22.1. The molecule has 3 aromatic rings. The molecule has 0 aliphatic rings. The van der Waals surface area contributed by atoms with Crippen molar-refractivity contribution in [2.45, 2.75) is 33.1 Å². The van der Waals surface area contributed by atoms with Gasteiger partial charge in [0.15, 0.2) is 0 Å². The molecular weight excluding hydrogens is 390 g/mol. The third-order valence-electron chi connectivity index (χ3n) is 4.78. The average molecular weight is 418 g/mol. The summed E-state index contributed by atoms with van der Waals surface area (Å²) < 4.78 is 11.0. The summed E-state index contributed by atoms with van der Waals surface area (Å²) in [6.45, 7) is 4.54. The molecular formula is C26H27NO4. The van der Waals surface area contributed by atoms with Crippen molar-refractivity contribution in [1.82, 2.24) is 0 Å². The number of hydrogen-bond donors (Lipinski definition) is 1. The van der Waals surface area contributed by atoms with Crippen LogP contribution in [0.5, 0.6) is 11.5 Å². The molecule has 0 spiro atoms. The minimum Gasteiger partial charge on any atom is -0.494 e. The number of benzene rings is 3. The number of aryl methyl sites for hydroxylation is 2. The third-order valence-corrected chi connectivity index (χ3v) is 4.78. The van der Waals surface area contributed by atoms with E-state index in [0.29, 0.717) is 24.3 Å². The molecule has 0 bridgehead atoms. The van der Waals surface area contributed by atoms with E-state index in [1.165, 1.54) is 5.56 Å². The summed E-state index contributed by atoms with van der Waals surface area (Å²) in [5, 5.41) is 2.84. The predicted octanol–water partition coefficient (Wildman–Crippen LogP) is 5.57. The third kappa shape index (κ3) is 7.00. The summed E-state index contributed by atoms with van der Waals surface area (Å²) >= 11 is 0. The first-order valence-corrected chi connectivity index (χ1v) is 10.4. The molecule has 0 fully saturated rings. The molecule has 0 atom stereocenters. The molecule has 160 valence electrons. The molecule has 1 N–H and O–H groups in total. The van der Waals surface area contributed by atoms with Crippen LogP contribution in [-0.2, 0) is 11.2 Å². The van der Waals surface area contributed by atoms with Gasteiger partial charge in [-0.3, -0.25) is 9.59 Å². The zero-order valence-electron chi connectivity index (χ0n) is 17.9. The number of anilines is 1. The van der Waals surface area contributed by atoms with Gasteiger partial charge in [-0.2, -0.15) is 0 Å². The smallest absolute Gasteiger partial charge is 0.311 e. The molecule has 0 aromatic heterocycles. The zero-order chi connectivity index (χ0) is 22.1. The Labute approximate surface area is 183 Å². The summed E-state index contributed by atoms with van der Waals surface area (Å²) in [4.78, 5) is 24.4. The van der Waals surface area contributed by atoms with E-state index in [2.05, 4.69) is 12.2 Å². The van der Waals surface area contributed by atoms with Crippen molar-refractivity contribution in [3.63, 3.8) is 0 Å². The van der Waals surface area contributed by atoms with Gasteiger partial charge in [0.05, 0.1) is 6.61 Å². The highest BCUT2D eigenvalue weighted by Crippen LogP contribution is 2.16. The van der Waals surface area contributed by atoms with Crippen LogP contribution in [0.3, 0.4) is 0 Å². The second-order valence-corrected chi connectivity index (χ2v) is 7.27. The van der Waals surface area contributed by atoms with Crippen molar-refractivity contribution in [3.8, 4) is 11.5 Å². The van der Waals surface area contributed by atoms with E-state index in [-0.39, 0.29) is 18.3 Å². The molecule has 3 rings (SSSR count). The highest BCUT2D eigenvalue weighted by molar-refractivity contribution is 6.04. The molecule has 31 heavy (non-hydrogen) atoms. The van der Waals surface area contributed by atoms with E-state index in [1.807, 2.05) is 55.5 Å². The lowest BCUT2D eigenvalue weighted by atomic mass is 10.2. The van der Waals surface area contributed by atoms with Gasteiger partial charge in [0.1, 0.15) is 11.5 Å². The van der Waals surface area contributed by atoms with Gasteiger partial charge in [-0.25, -0.2) is 0 Å². The fourth-order valence-corrected chi connectivity index (χ4v) is 2.92. The average Bonchev–Trinajstić information content (AvgIpc) is 2.79. The highest BCUT2D eigenvalue weighted by atomic mass is 16.5. The summed E-state index contributed by atoms with van der Waals surface area (Å²) in [6.07, 6.45) is 1.80. The Morgan fingerprint density at radius 3 is 2.13 bits per heavy atom. The fraction of sp³-hybridized carbons (Fsp3) is 0.231. The van der Waals surface area contributed by atoms with Gasteiger partial charge in [0.2, 0.25) is 0 Å². The number of ether oxygens (including phenoxy) is 2. The molecule has 0 aliphatic carbocycles. The summed E-state index contributed by atoms with van der Waals surface area (Å²) in [5.74, 6) is 0.658. The number of carbonyl (C=O) groups is 2. The van der Waals surface area contributed by atoms with Gasteiger partial charge in [0.25, 0.3) is 5.91 Å². The van der Waals surface area contributed by atoms with E-state index < -0.39 is 0 Å². The number of hydrogen-bond acceptors (Lipinski definition) is 4. The topological polar surface area (TPSA) is 64.6 Å². The number of carbonyl (C=O) groups excluding carboxylic acids is 2. The lowest BCUT2D eigenvalue weighted by molar-refractivity contribution is -0.134. The van der Waals surface area contributed by atoms with Crippen LogP contribution in [0.25, 0.3) is 0 Å². The molecule has 0 saturated carbocycles. The van der Waals surface area contributed by atoms with Crippen LogP contribution in [0.2, 0.25) is 0 Å². The van der Waals surface area contributed by atoms with E-state index in [1.54, 1.807) is 24.3 Å². The van der Waals surface area contributed by atoms with Crippen molar-refractivity contribution >= 4 is 17.6 Å². The largest absolute Gasteiger partial charge is 0.494 e. The van der Waals surface area contributed by atoms with Crippen molar-refractivity contribution in [2.24, 2.45) is 0 Å². The Hall–Kier alpha value is -3.60. The molecule has 1 amide bonds. The molecule has 0 heterocycles. The van der Waals surface area contributed by atoms with E-state index in [0.717, 1.165) is 23.4 Å². The van der Waals surface area contributed by atoms with Crippen molar-refractivity contribution in [3.05, 3.63) is 89.5 Å². The first-order chi connectivity index (χ1) is 15.0. The van der Waals surface area contributed by atoms with Gasteiger partial charge < -0.3 is 14.8 Å². The Bertz CT molecular complexity index is 993. The Balaban J connectivity index is 1.40. The van der Waals surface area contributed by atoms with Crippen LogP contribution >= 0.6 is 0 Å². The maximum absolute atomic E-state index is 12.3. The van der Waals surface area contributed by atoms with Crippen LogP contribution in [0.15, 0.2) is 72.8 Å². The normalized spacial score (nSPS) is 10.4. The fourth-order valence-electron chi connectivity index (χ4n) is 2.92. The lowest BCUT2D eigenvalue weighted by Crippen LogP contribution is -2.12. The second-order valence-electron chi connectivity index (χ2n) is 7.27. The molecule has 5 heteroatoms. The summed E-state index contributed by atoms with van der Waals surface area (Å²) in [5.41, 5.74) is 3.61.